The summed E-state index contributed by atoms with van der Waals surface area (Å²) in [4.78, 5) is 11.4. The third-order valence-electron chi connectivity index (χ3n) is 6.07. The highest BCUT2D eigenvalue weighted by Crippen LogP contribution is 2.45. The maximum atomic E-state index is 11.8. The maximum Gasteiger partial charge on any atom is 0.229 e. The van der Waals surface area contributed by atoms with E-state index in [2.05, 4.69) is 20.7 Å². The first kappa shape index (κ1) is 26.0. The Hall–Kier alpha value is -4.10. The first-order valence-corrected chi connectivity index (χ1v) is 13.7. The van der Waals surface area contributed by atoms with Crippen LogP contribution in [0.5, 0.6) is 11.5 Å². The van der Waals surface area contributed by atoms with Crippen LogP contribution < -0.4 is 14.2 Å². The van der Waals surface area contributed by atoms with Crippen LogP contribution in [0.15, 0.2) is 53.7 Å². The van der Waals surface area contributed by atoms with Crippen molar-refractivity contribution in [1.29, 1.82) is 5.26 Å². The molecule has 192 valence electrons. The van der Waals surface area contributed by atoms with E-state index in [0.717, 1.165) is 23.2 Å². The lowest BCUT2D eigenvalue weighted by molar-refractivity contribution is 0.312. The van der Waals surface area contributed by atoms with E-state index in [-0.39, 0.29) is 0 Å². The number of pyridine rings is 1. The lowest BCUT2D eigenvalue weighted by Crippen LogP contribution is -2.34. The second kappa shape index (κ2) is 10.9. The molecule has 1 aromatic heterocycles. The Balaban J connectivity index is 1.75. The van der Waals surface area contributed by atoms with Gasteiger partial charge in [0.15, 0.2) is 11.5 Å². The molecule has 0 saturated heterocycles. The standard InChI is InChI=1S/C27H29N5O4S/c1-5-36-27-25(35-3)15-24(21(16-28)26(27)23-10-6-7-13-29-23)30-18(2)32-14-12-20-19(17-32)9-8-11-22(20)31-37(4,33)34/h6-11,13,15,31H,5,12,14,17H2,1-4H3. The molecule has 1 aliphatic heterocycles. The number of nitrogens with one attached hydrogen (secondary N) is 1. The highest BCUT2D eigenvalue weighted by molar-refractivity contribution is 7.92. The van der Waals surface area contributed by atoms with E-state index in [1.807, 2.05) is 44.2 Å². The molecule has 2 aromatic carbocycles. The zero-order valence-electron chi connectivity index (χ0n) is 21.3. The van der Waals surface area contributed by atoms with Crippen LogP contribution in [0.25, 0.3) is 11.3 Å². The van der Waals surface area contributed by atoms with Crippen LogP contribution in [0, 0.1) is 11.3 Å². The van der Waals surface area contributed by atoms with Gasteiger partial charge in [-0.15, -0.1) is 0 Å². The van der Waals surface area contributed by atoms with Crippen LogP contribution in [-0.2, 0) is 23.0 Å². The summed E-state index contributed by atoms with van der Waals surface area (Å²) in [5, 5.41) is 10.2. The normalized spacial score (nSPS) is 13.5. The molecule has 1 aliphatic rings. The number of ether oxygens (including phenoxy) is 2. The smallest absolute Gasteiger partial charge is 0.229 e. The van der Waals surface area contributed by atoms with E-state index in [1.165, 1.54) is 0 Å². The van der Waals surface area contributed by atoms with Crippen molar-refractivity contribution in [3.63, 3.8) is 0 Å². The van der Waals surface area contributed by atoms with Gasteiger partial charge >= 0.3 is 0 Å². The van der Waals surface area contributed by atoms with Crippen molar-refractivity contribution in [2.45, 2.75) is 26.8 Å². The Morgan fingerprint density at radius 3 is 2.73 bits per heavy atom. The van der Waals surface area contributed by atoms with Crippen molar-refractivity contribution in [3.05, 3.63) is 65.4 Å². The van der Waals surface area contributed by atoms with Crippen molar-refractivity contribution in [3.8, 4) is 28.8 Å². The molecule has 0 atom stereocenters. The van der Waals surface area contributed by atoms with Gasteiger partial charge in [0.05, 0.1) is 48.2 Å². The van der Waals surface area contributed by atoms with E-state index in [4.69, 9.17) is 14.5 Å². The Morgan fingerprint density at radius 2 is 2.08 bits per heavy atom. The fourth-order valence-corrected chi connectivity index (χ4v) is 5.04. The van der Waals surface area contributed by atoms with E-state index in [0.29, 0.717) is 65.8 Å². The predicted molar refractivity (Wildman–Crippen MR) is 144 cm³/mol. The summed E-state index contributed by atoms with van der Waals surface area (Å²) >= 11 is 0. The molecule has 0 amide bonds. The highest BCUT2D eigenvalue weighted by atomic mass is 32.2. The summed E-state index contributed by atoms with van der Waals surface area (Å²) in [6.07, 6.45) is 3.46. The maximum absolute atomic E-state index is 11.8. The van der Waals surface area contributed by atoms with Crippen LogP contribution in [0.1, 0.15) is 30.5 Å². The molecule has 1 N–H and O–H groups in total. The third-order valence-corrected chi connectivity index (χ3v) is 6.66. The summed E-state index contributed by atoms with van der Waals surface area (Å²) in [7, 11) is -1.82. The average molecular weight is 520 g/mol. The Labute approximate surface area is 217 Å². The summed E-state index contributed by atoms with van der Waals surface area (Å²) < 4.78 is 37.7. The predicted octanol–water partition coefficient (Wildman–Crippen LogP) is 4.51. The molecule has 0 saturated carbocycles. The molecule has 9 nitrogen and oxygen atoms in total. The van der Waals surface area contributed by atoms with Gasteiger partial charge in [0, 0.05) is 25.4 Å². The van der Waals surface area contributed by atoms with Gasteiger partial charge in [-0.25, -0.2) is 13.4 Å². The first-order valence-electron chi connectivity index (χ1n) is 11.8. The summed E-state index contributed by atoms with van der Waals surface area (Å²) in [6.45, 7) is 5.37. The number of amidine groups is 1. The summed E-state index contributed by atoms with van der Waals surface area (Å²) in [5.74, 6) is 1.64. The van der Waals surface area contributed by atoms with Crippen LogP contribution in [0.3, 0.4) is 0 Å². The van der Waals surface area contributed by atoms with Crippen LogP contribution in [-0.4, -0.2) is 50.7 Å². The minimum atomic E-state index is -3.38. The molecule has 3 aromatic rings. The SMILES string of the molecule is CCOc1c(OC)cc(N=C(C)N2CCc3c(cccc3NS(C)(=O)=O)C2)c(C#N)c1-c1ccccn1. The highest BCUT2D eigenvalue weighted by Gasteiger charge is 2.24. The molecule has 0 fully saturated rings. The van der Waals surface area contributed by atoms with E-state index in [1.54, 1.807) is 25.4 Å². The van der Waals surface area contributed by atoms with E-state index in [9.17, 15) is 13.7 Å². The molecule has 2 heterocycles. The van der Waals surface area contributed by atoms with Crippen molar-refractivity contribution >= 4 is 27.2 Å². The monoisotopic (exact) mass is 519 g/mol. The number of rotatable bonds is 7. The van der Waals surface area contributed by atoms with Crippen molar-refractivity contribution in [1.82, 2.24) is 9.88 Å². The number of fused-ring (bicyclic) bond motifs is 1. The quantitative estimate of drug-likeness (QED) is 0.361. The van der Waals surface area contributed by atoms with Crippen molar-refractivity contribution < 1.29 is 17.9 Å². The fourth-order valence-electron chi connectivity index (χ4n) is 4.45. The minimum absolute atomic E-state index is 0.347. The third kappa shape index (κ3) is 5.67. The van der Waals surface area contributed by atoms with Gasteiger partial charge in [-0.1, -0.05) is 18.2 Å². The molecule has 37 heavy (non-hydrogen) atoms. The summed E-state index contributed by atoms with van der Waals surface area (Å²) in [5.41, 5.74) is 4.55. The van der Waals surface area contributed by atoms with Crippen LogP contribution in [0.4, 0.5) is 11.4 Å². The molecule has 0 bridgehead atoms. The molecule has 0 unspecified atom stereocenters. The molecule has 0 radical (unpaired) electrons. The molecule has 10 heteroatoms. The van der Waals surface area contributed by atoms with Crippen molar-refractivity contribution in [2.24, 2.45) is 4.99 Å². The first-order chi connectivity index (χ1) is 17.8. The zero-order chi connectivity index (χ0) is 26.6. The second-order valence-corrected chi connectivity index (χ2v) is 10.3. The summed E-state index contributed by atoms with van der Waals surface area (Å²) in [6, 6.07) is 15.1. The van der Waals surface area contributed by atoms with Crippen LogP contribution in [0.2, 0.25) is 0 Å². The number of aliphatic imine (C=N–C) groups is 1. The number of aromatic nitrogens is 1. The van der Waals surface area contributed by atoms with Gasteiger partial charge in [-0.05, 0) is 49.6 Å². The second-order valence-electron chi connectivity index (χ2n) is 8.58. The molecule has 0 aliphatic carbocycles. The zero-order valence-corrected chi connectivity index (χ0v) is 22.1. The number of hydrogen-bond acceptors (Lipinski definition) is 7. The number of anilines is 1. The molecular formula is C27H29N5O4S. The number of nitriles is 1. The van der Waals surface area contributed by atoms with Gasteiger partial charge < -0.3 is 14.4 Å². The number of nitrogens with zero attached hydrogens (tertiary/aromatic N) is 4. The molecule has 4 rings (SSSR count). The van der Waals surface area contributed by atoms with Gasteiger partial charge in [0.25, 0.3) is 0 Å². The van der Waals surface area contributed by atoms with Gasteiger partial charge in [-0.3, -0.25) is 9.71 Å². The lowest BCUT2D eigenvalue weighted by Gasteiger charge is -2.31. The Morgan fingerprint density at radius 1 is 1.27 bits per heavy atom. The fraction of sp³-hybridized carbons (Fsp3) is 0.296. The number of sulfonamides is 1. The van der Waals surface area contributed by atoms with E-state index >= 15 is 0 Å². The van der Waals surface area contributed by atoms with Gasteiger partial charge in [0.1, 0.15) is 11.9 Å². The number of benzene rings is 2. The average Bonchev–Trinajstić information content (AvgIpc) is 2.88. The Kier molecular flexibility index (Phi) is 7.64. The number of hydrogen-bond donors (Lipinski definition) is 1. The Bertz CT molecular complexity index is 1480. The molecular weight excluding hydrogens is 490 g/mol. The van der Waals surface area contributed by atoms with Crippen molar-refractivity contribution in [2.75, 3.05) is 31.2 Å². The minimum Gasteiger partial charge on any atom is -0.493 e. The van der Waals surface area contributed by atoms with Gasteiger partial charge in [-0.2, -0.15) is 5.26 Å². The number of methoxy groups -OCH3 is 1. The molecule has 0 spiro atoms. The largest absolute Gasteiger partial charge is 0.493 e. The topological polar surface area (TPSA) is 117 Å². The van der Waals surface area contributed by atoms with E-state index < -0.39 is 10.0 Å². The van der Waals surface area contributed by atoms with Crippen LogP contribution >= 0.6 is 0 Å². The lowest BCUT2D eigenvalue weighted by atomic mass is 9.98. The van der Waals surface area contributed by atoms with Gasteiger partial charge in [0.2, 0.25) is 10.0 Å².